The Morgan fingerprint density at radius 1 is 1.50 bits per heavy atom. The van der Waals surface area contributed by atoms with Gasteiger partial charge in [-0.3, -0.25) is 9.59 Å². The first-order chi connectivity index (χ1) is 6.37. The van der Waals surface area contributed by atoms with Crippen LogP contribution in [0.5, 0.6) is 0 Å². The van der Waals surface area contributed by atoms with Crippen LogP contribution >= 0.6 is 0 Å². The highest BCUT2D eigenvalue weighted by Gasteiger charge is 2.24. The van der Waals surface area contributed by atoms with Crippen molar-refractivity contribution in [3.8, 4) is 0 Å². The highest BCUT2D eigenvalue weighted by atomic mass is 16.5. The zero-order chi connectivity index (χ0) is 11.2. The minimum Gasteiger partial charge on any atom is -0.481 e. The molecule has 0 aliphatic heterocycles. The summed E-state index contributed by atoms with van der Waals surface area (Å²) in [6.07, 6.45) is -0.416. The Morgan fingerprint density at radius 2 is 2.07 bits per heavy atom. The molecule has 1 unspecified atom stereocenters. The number of rotatable bonds is 6. The molecule has 0 radical (unpaired) electrons. The molecule has 0 heterocycles. The van der Waals surface area contributed by atoms with Crippen LogP contribution in [0.25, 0.3) is 0 Å². The maximum absolute atomic E-state index is 10.9. The number of nitrogens with one attached hydrogen (secondary N) is 1. The van der Waals surface area contributed by atoms with Gasteiger partial charge in [0, 0.05) is 13.7 Å². The van der Waals surface area contributed by atoms with Crippen molar-refractivity contribution in [2.75, 3.05) is 20.3 Å². The van der Waals surface area contributed by atoms with Gasteiger partial charge in [-0.05, 0) is 6.92 Å². The number of carbonyl (C=O) groups excluding carboxylic acids is 1. The van der Waals surface area contributed by atoms with Crippen molar-refractivity contribution < 1.29 is 24.5 Å². The van der Waals surface area contributed by atoms with Gasteiger partial charge in [0.1, 0.15) is 6.61 Å². The van der Waals surface area contributed by atoms with Crippen molar-refractivity contribution in [2.24, 2.45) is 0 Å². The maximum atomic E-state index is 10.9. The molecule has 0 aromatic carbocycles. The van der Waals surface area contributed by atoms with E-state index in [4.69, 9.17) is 5.11 Å². The molecule has 6 nitrogen and oxygen atoms in total. The molecule has 0 aliphatic carbocycles. The molecule has 3 N–H and O–H groups in total. The Hall–Kier alpha value is -1.14. The third kappa shape index (κ3) is 6.38. The van der Waals surface area contributed by atoms with Crippen molar-refractivity contribution in [3.05, 3.63) is 0 Å². The van der Waals surface area contributed by atoms with E-state index in [1.54, 1.807) is 0 Å². The summed E-state index contributed by atoms with van der Waals surface area (Å²) in [5.41, 5.74) is -1.44. The fourth-order valence-corrected chi connectivity index (χ4v) is 0.859. The lowest BCUT2D eigenvalue weighted by molar-refractivity contribution is -0.142. The summed E-state index contributed by atoms with van der Waals surface area (Å²) in [7, 11) is 1.37. The number of ether oxygens (including phenoxy) is 1. The van der Waals surface area contributed by atoms with Crippen LogP contribution in [0.2, 0.25) is 0 Å². The molecule has 1 atom stereocenters. The Kier molecular flexibility index (Phi) is 5.11. The van der Waals surface area contributed by atoms with Crippen LogP contribution in [0.1, 0.15) is 13.3 Å². The first-order valence-electron chi connectivity index (χ1n) is 4.07. The number of methoxy groups -OCH3 is 1. The van der Waals surface area contributed by atoms with Crippen molar-refractivity contribution in [2.45, 2.75) is 18.9 Å². The van der Waals surface area contributed by atoms with Crippen molar-refractivity contribution >= 4 is 11.9 Å². The Balaban J connectivity index is 3.86. The normalized spacial score (nSPS) is 14.5. The summed E-state index contributed by atoms with van der Waals surface area (Å²) in [5.74, 6) is -1.51. The fraction of sp³-hybridized carbons (Fsp3) is 0.750. The molecule has 1 amide bonds. The molecule has 82 valence electrons. The van der Waals surface area contributed by atoms with Crippen LogP contribution in [0.4, 0.5) is 0 Å². The zero-order valence-electron chi connectivity index (χ0n) is 8.24. The molecule has 0 saturated carbocycles. The molecular weight excluding hydrogens is 190 g/mol. The molecule has 0 spiro atoms. The maximum Gasteiger partial charge on any atom is 0.306 e. The fourth-order valence-electron chi connectivity index (χ4n) is 0.859. The molecule has 0 aromatic heterocycles. The van der Waals surface area contributed by atoms with E-state index < -0.39 is 23.9 Å². The predicted octanol–water partition coefficient (Wildman–Crippen LogP) is -1.03. The van der Waals surface area contributed by atoms with E-state index in [-0.39, 0.29) is 13.2 Å². The van der Waals surface area contributed by atoms with Gasteiger partial charge in [-0.15, -0.1) is 0 Å². The molecule has 0 aromatic rings. The monoisotopic (exact) mass is 205 g/mol. The summed E-state index contributed by atoms with van der Waals surface area (Å²) in [6.45, 7) is 1.12. The quantitative estimate of drug-likeness (QED) is 0.515. The van der Waals surface area contributed by atoms with E-state index in [1.807, 2.05) is 0 Å². The van der Waals surface area contributed by atoms with Crippen LogP contribution in [0.3, 0.4) is 0 Å². The highest BCUT2D eigenvalue weighted by Crippen LogP contribution is 2.06. The van der Waals surface area contributed by atoms with E-state index in [0.29, 0.717) is 0 Å². The van der Waals surface area contributed by atoms with Crippen LogP contribution < -0.4 is 5.32 Å². The van der Waals surface area contributed by atoms with Gasteiger partial charge in [0.2, 0.25) is 5.91 Å². The van der Waals surface area contributed by atoms with Gasteiger partial charge in [0.25, 0.3) is 0 Å². The van der Waals surface area contributed by atoms with Crippen LogP contribution in [-0.4, -0.2) is 48.0 Å². The first kappa shape index (κ1) is 12.9. The second-order valence-corrected chi connectivity index (χ2v) is 3.28. The lowest BCUT2D eigenvalue weighted by Crippen LogP contribution is -2.43. The second-order valence-electron chi connectivity index (χ2n) is 3.28. The number of hydrogen-bond donors (Lipinski definition) is 3. The Labute approximate surface area is 81.9 Å². The number of carboxylic acids is 1. The third-order valence-corrected chi connectivity index (χ3v) is 1.47. The summed E-state index contributed by atoms with van der Waals surface area (Å²) >= 11 is 0. The lowest BCUT2D eigenvalue weighted by atomic mass is 10.0. The van der Waals surface area contributed by atoms with E-state index >= 15 is 0 Å². The first-order valence-corrected chi connectivity index (χ1v) is 4.07. The molecule has 0 rings (SSSR count). The largest absolute Gasteiger partial charge is 0.481 e. The molecular formula is C8H15NO5. The van der Waals surface area contributed by atoms with E-state index in [9.17, 15) is 14.7 Å². The van der Waals surface area contributed by atoms with Gasteiger partial charge in [-0.2, -0.15) is 0 Å². The van der Waals surface area contributed by atoms with E-state index in [1.165, 1.54) is 14.0 Å². The third-order valence-electron chi connectivity index (χ3n) is 1.47. The zero-order valence-corrected chi connectivity index (χ0v) is 8.24. The minimum atomic E-state index is -1.44. The Morgan fingerprint density at radius 3 is 2.50 bits per heavy atom. The number of aliphatic hydroxyl groups is 1. The van der Waals surface area contributed by atoms with Crippen LogP contribution in [0, 0.1) is 0 Å². The summed E-state index contributed by atoms with van der Waals surface area (Å²) in [5, 5.41) is 20.2. The van der Waals surface area contributed by atoms with Gasteiger partial charge < -0.3 is 20.3 Å². The van der Waals surface area contributed by atoms with Crippen molar-refractivity contribution in [1.29, 1.82) is 0 Å². The second kappa shape index (κ2) is 5.56. The number of hydrogen-bond acceptors (Lipinski definition) is 4. The van der Waals surface area contributed by atoms with Gasteiger partial charge in [0.05, 0.1) is 12.0 Å². The van der Waals surface area contributed by atoms with Gasteiger partial charge >= 0.3 is 5.97 Å². The topological polar surface area (TPSA) is 95.9 Å². The van der Waals surface area contributed by atoms with Gasteiger partial charge in [-0.25, -0.2) is 0 Å². The molecule has 0 fully saturated rings. The molecule has 0 saturated heterocycles. The van der Waals surface area contributed by atoms with E-state index in [2.05, 4.69) is 10.1 Å². The molecule has 6 heteroatoms. The Bertz CT molecular complexity index is 214. The van der Waals surface area contributed by atoms with Gasteiger partial charge in [0.15, 0.2) is 0 Å². The number of aliphatic carboxylic acids is 1. The number of carboxylic acid groups (broad SMARTS) is 1. The predicted molar refractivity (Wildman–Crippen MR) is 47.8 cm³/mol. The van der Waals surface area contributed by atoms with Crippen LogP contribution in [0.15, 0.2) is 0 Å². The summed E-state index contributed by atoms with van der Waals surface area (Å²) in [4.78, 5) is 21.2. The average Bonchev–Trinajstić information content (AvgIpc) is 1.99. The van der Waals surface area contributed by atoms with Crippen molar-refractivity contribution in [1.82, 2.24) is 5.32 Å². The molecule has 14 heavy (non-hydrogen) atoms. The lowest BCUT2D eigenvalue weighted by Gasteiger charge is -2.21. The number of amides is 1. The smallest absolute Gasteiger partial charge is 0.306 e. The van der Waals surface area contributed by atoms with Crippen LogP contribution in [-0.2, 0) is 14.3 Å². The minimum absolute atomic E-state index is 0.108. The standard InChI is InChI=1S/C8H15NO5/c1-8(13,3-7(11)12)5-9-6(10)4-14-2/h13H,3-5H2,1-2H3,(H,9,10)(H,11,12). The summed E-state index contributed by atoms with van der Waals surface area (Å²) in [6, 6.07) is 0. The van der Waals surface area contributed by atoms with Gasteiger partial charge in [-0.1, -0.05) is 0 Å². The average molecular weight is 205 g/mol. The molecule has 0 bridgehead atoms. The summed E-state index contributed by atoms with van der Waals surface area (Å²) < 4.78 is 4.54. The van der Waals surface area contributed by atoms with Crippen molar-refractivity contribution in [3.63, 3.8) is 0 Å². The number of carbonyl (C=O) groups is 2. The molecule has 0 aliphatic rings. The van der Waals surface area contributed by atoms with E-state index in [0.717, 1.165) is 0 Å². The SMILES string of the molecule is COCC(=O)NCC(C)(O)CC(=O)O. The highest BCUT2D eigenvalue weighted by molar-refractivity contribution is 5.77.